The van der Waals surface area contributed by atoms with E-state index in [0.717, 1.165) is 17.3 Å². The highest BCUT2D eigenvalue weighted by Crippen LogP contribution is 2.30. The van der Waals surface area contributed by atoms with Crippen molar-refractivity contribution in [2.45, 2.75) is 30.8 Å². The van der Waals surface area contributed by atoms with Gasteiger partial charge in [0.2, 0.25) is 5.82 Å². The summed E-state index contributed by atoms with van der Waals surface area (Å²) in [5.41, 5.74) is 1.41. The molecule has 1 aromatic carbocycles. The molecule has 2 aromatic heterocycles. The fourth-order valence-corrected chi connectivity index (χ4v) is 3.32. The van der Waals surface area contributed by atoms with E-state index in [4.69, 9.17) is 16.3 Å². The zero-order chi connectivity index (χ0) is 23.0. The van der Waals surface area contributed by atoms with Gasteiger partial charge in [-0.1, -0.05) is 56.4 Å². The van der Waals surface area contributed by atoms with Crippen LogP contribution in [0, 0.1) is 0 Å². The van der Waals surface area contributed by atoms with Crippen molar-refractivity contribution in [2.75, 3.05) is 0 Å². The normalized spacial score (nSPS) is 11.6. The molecular weight excluding hydrogens is 449 g/mol. The number of thioether (sulfide) groups is 1. The van der Waals surface area contributed by atoms with Crippen molar-refractivity contribution in [1.82, 2.24) is 19.9 Å². The number of ether oxygens (including phenoxy) is 1. The first-order valence-corrected chi connectivity index (χ1v) is 10.5. The molecule has 0 saturated heterocycles. The Morgan fingerprint density at radius 3 is 2.58 bits per heavy atom. The Balaban J connectivity index is 0.00000166. The third-order valence-electron chi connectivity index (χ3n) is 3.50. The van der Waals surface area contributed by atoms with Crippen LogP contribution >= 0.6 is 23.4 Å². The molecule has 31 heavy (non-hydrogen) atoms. The first kappa shape index (κ1) is 24.5. The number of nitrogens with zero attached hydrogens (tertiary/aromatic N) is 3. The number of imidazole rings is 1. The van der Waals surface area contributed by atoms with Gasteiger partial charge in [0.15, 0.2) is 0 Å². The molecule has 2 heterocycles. The summed E-state index contributed by atoms with van der Waals surface area (Å²) in [6.07, 6.45) is 0.155. The Labute approximate surface area is 187 Å². The molecule has 0 aliphatic heterocycles. The van der Waals surface area contributed by atoms with Crippen LogP contribution in [0.2, 0.25) is 5.15 Å². The number of nitrogens with one attached hydrogen (secondary N) is 1. The monoisotopic (exact) mass is 468 g/mol. The second-order valence-corrected chi connectivity index (χ2v) is 7.00. The molecule has 3 rings (SSSR count). The number of alkyl halides is 3. The molecule has 0 amide bonds. The van der Waals surface area contributed by atoms with Crippen LogP contribution in [-0.2, 0) is 11.9 Å². The molecule has 0 spiro atoms. The Morgan fingerprint density at radius 1 is 1.19 bits per heavy atom. The number of benzene rings is 1. The van der Waals surface area contributed by atoms with Gasteiger partial charge < -0.3 is 9.72 Å². The smallest absolute Gasteiger partial charge is 0.451 e. The number of halogens is 4. The zero-order valence-electron chi connectivity index (χ0n) is 16.8. The molecule has 1 N–H and O–H groups in total. The van der Waals surface area contributed by atoms with Gasteiger partial charge in [0, 0.05) is 12.1 Å². The van der Waals surface area contributed by atoms with Gasteiger partial charge in [-0.25, -0.2) is 15.0 Å². The third kappa shape index (κ3) is 6.86. The van der Waals surface area contributed by atoms with E-state index in [1.54, 1.807) is 36.4 Å². The Kier molecular flexibility index (Phi) is 8.70. The van der Waals surface area contributed by atoms with Crippen LogP contribution in [0.15, 0.2) is 66.4 Å². The average molecular weight is 469 g/mol. The second-order valence-electron chi connectivity index (χ2n) is 5.61. The van der Waals surface area contributed by atoms with Crippen LogP contribution in [0.3, 0.4) is 0 Å². The summed E-state index contributed by atoms with van der Waals surface area (Å²) >= 11 is 6.74. The van der Waals surface area contributed by atoms with Crippen molar-refractivity contribution in [3.63, 3.8) is 0 Å². The molecule has 0 atom stereocenters. The van der Waals surface area contributed by atoms with Gasteiger partial charge in [-0.15, -0.1) is 0 Å². The maximum Gasteiger partial charge on any atom is 0.451 e. The fourth-order valence-electron chi connectivity index (χ4n) is 2.31. The van der Waals surface area contributed by atoms with E-state index in [-0.39, 0.29) is 15.9 Å². The summed E-state index contributed by atoms with van der Waals surface area (Å²) in [6, 6.07) is 6.56. The largest absolute Gasteiger partial charge is 0.457 e. The van der Waals surface area contributed by atoms with Crippen molar-refractivity contribution >= 4 is 34.4 Å². The number of allylic oxidation sites excluding steroid dienone is 3. The molecule has 5 nitrogen and oxygen atoms in total. The minimum absolute atomic E-state index is 0.104. The van der Waals surface area contributed by atoms with Crippen molar-refractivity contribution in [3.05, 3.63) is 78.2 Å². The summed E-state index contributed by atoms with van der Waals surface area (Å²) in [5.74, 6) is 0.672. The van der Waals surface area contributed by atoms with Gasteiger partial charge in [0.05, 0.1) is 16.8 Å². The van der Waals surface area contributed by atoms with Gasteiger partial charge in [-0.2, -0.15) is 13.2 Å². The standard InChI is InChI=1S/C19H14ClF3N4OS.C2H6/c1-3-5-11(4-2)28-12-6-7-13-14(8-12)25-16(24-13)10-29-17-9-15(20)26-18(27-17)19(21,22)23;1-2/h3-9H,1-2,10H2,(H,24,25);1-2H3/b11-5+;. The Morgan fingerprint density at radius 2 is 1.94 bits per heavy atom. The summed E-state index contributed by atoms with van der Waals surface area (Å²) in [4.78, 5) is 14.2. The molecule has 0 fully saturated rings. The number of fused-ring (bicyclic) bond motifs is 1. The van der Waals surface area contributed by atoms with Gasteiger partial charge in [0.1, 0.15) is 27.5 Å². The first-order chi connectivity index (χ1) is 14.8. The fraction of sp³-hybridized carbons (Fsp3) is 0.190. The van der Waals surface area contributed by atoms with Crippen LogP contribution in [0.25, 0.3) is 11.0 Å². The quantitative estimate of drug-likeness (QED) is 0.175. The second kappa shape index (κ2) is 11.0. The van der Waals surface area contributed by atoms with Gasteiger partial charge in [-0.3, -0.25) is 0 Å². The predicted molar refractivity (Wildman–Crippen MR) is 118 cm³/mol. The van der Waals surface area contributed by atoms with E-state index in [0.29, 0.717) is 22.8 Å². The number of aromatic amines is 1. The van der Waals surface area contributed by atoms with Crippen LogP contribution < -0.4 is 4.74 Å². The topological polar surface area (TPSA) is 63.7 Å². The molecule has 0 bridgehead atoms. The molecule has 3 aromatic rings. The lowest BCUT2D eigenvalue weighted by Crippen LogP contribution is -2.11. The van der Waals surface area contributed by atoms with Crippen molar-refractivity contribution < 1.29 is 17.9 Å². The number of hydrogen-bond acceptors (Lipinski definition) is 5. The number of H-pyrrole nitrogens is 1. The van der Waals surface area contributed by atoms with Gasteiger partial charge in [-0.05, 0) is 24.3 Å². The van der Waals surface area contributed by atoms with E-state index in [9.17, 15) is 13.2 Å². The average Bonchev–Trinajstić information content (AvgIpc) is 3.14. The van der Waals surface area contributed by atoms with Gasteiger partial charge in [0.25, 0.3) is 0 Å². The highest BCUT2D eigenvalue weighted by molar-refractivity contribution is 7.98. The third-order valence-corrected chi connectivity index (χ3v) is 4.62. The molecule has 164 valence electrons. The highest BCUT2D eigenvalue weighted by atomic mass is 35.5. The van der Waals surface area contributed by atoms with E-state index < -0.39 is 12.0 Å². The van der Waals surface area contributed by atoms with Crippen LogP contribution in [0.5, 0.6) is 5.75 Å². The van der Waals surface area contributed by atoms with E-state index in [2.05, 4.69) is 33.1 Å². The van der Waals surface area contributed by atoms with Crippen LogP contribution in [-0.4, -0.2) is 19.9 Å². The Hall–Kier alpha value is -2.78. The van der Waals surface area contributed by atoms with Crippen molar-refractivity contribution in [2.24, 2.45) is 0 Å². The van der Waals surface area contributed by atoms with Crippen molar-refractivity contribution in [3.8, 4) is 5.75 Å². The molecule has 0 saturated carbocycles. The molecule has 0 radical (unpaired) electrons. The molecule has 0 unspecified atom stereocenters. The predicted octanol–water partition coefficient (Wildman–Crippen LogP) is 6.98. The summed E-state index contributed by atoms with van der Waals surface area (Å²) < 4.78 is 44.1. The maximum absolute atomic E-state index is 12.8. The van der Waals surface area contributed by atoms with Gasteiger partial charge >= 0.3 is 6.18 Å². The first-order valence-electron chi connectivity index (χ1n) is 9.14. The van der Waals surface area contributed by atoms with Crippen LogP contribution in [0.1, 0.15) is 25.5 Å². The van der Waals surface area contributed by atoms with Crippen molar-refractivity contribution in [1.29, 1.82) is 0 Å². The zero-order valence-corrected chi connectivity index (χ0v) is 18.4. The number of rotatable bonds is 7. The summed E-state index contributed by atoms with van der Waals surface area (Å²) in [7, 11) is 0. The minimum Gasteiger partial charge on any atom is -0.457 e. The summed E-state index contributed by atoms with van der Waals surface area (Å²) in [6.45, 7) is 11.3. The minimum atomic E-state index is -4.67. The van der Waals surface area contributed by atoms with E-state index in [1.165, 1.54) is 6.07 Å². The molecular formula is C21H20ClF3N4OS. The Bertz CT molecular complexity index is 1100. The lowest BCUT2D eigenvalue weighted by molar-refractivity contribution is -0.145. The van der Waals surface area contributed by atoms with E-state index in [1.807, 2.05) is 13.8 Å². The maximum atomic E-state index is 12.8. The number of hydrogen-bond donors (Lipinski definition) is 1. The SMILES string of the molecule is C=C/C=C(\C=C)Oc1ccc2nc(CSc3cc(Cl)nc(C(F)(F)F)n3)[nH]c2c1.CC. The summed E-state index contributed by atoms with van der Waals surface area (Å²) in [5, 5.41) is -0.168. The molecule has 10 heteroatoms. The molecule has 0 aliphatic carbocycles. The lowest BCUT2D eigenvalue weighted by atomic mass is 10.3. The van der Waals surface area contributed by atoms with E-state index >= 15 is 0 Å². The highest BCUT2D eigenvalue weighted by Gasteiger charge is 2.35. The lowest BCUT2D eigenvalue weighted by Gasteiger charge is -2.06. The van der Waals surface area contributed by atoms with Crippen LogP contribution in [0.4, 0.5) is 13.2 Å². The number of aromatic nitrogens is 4. The molecule has 0 aliphatic rings.